The predicted octanol–water partition coefficient (Wildman–Crippen LogP) is 4.85. The Morgan fingerprint density at radius 1 is 1.23 bits per heavy atom. The van der Waals surface area contributed by atoms with E-state index in [1.54, 1.807) is 25.4 Å². The third kappa shape index (κ3) is 6.35. The lowest BCUT2D eigenvalue weighted by Gasteiger charge is -2.37. The number of likely N-dealkylation sites (tertiary alicyclic amines) is 1. The van der Waals surface area contributed by atoms with Gasteiger partial charge in [-0.15, -0.1) is 0 Å². The molecule has 3 aromatic rings. The van der Waals surface area contributed by atoms with E-state index in [9.17, 15) is 19.4 Å². The SMILES string of the molecule is COc1ccc2nccc(C(O)CC[C@@H]3CCN(CCCc4ccc(F)cc4)C[C@@H]3C(=O)O)c2c1. The minimum atomic E-state index is -0.771. The molecule has 0 radical (unpaired) electrons. The molecule has 4 rings (SSSR count). The minimum Gasteiger partial charge on any atom is -0.497 e. The molecule has 1 saturated heterocycles. The van der Waals surface area contributed by atoms with Gasteiger partial charge >= 0.3 is 5.97 Å². The van der Waals surface area contributed by atoms with E-state index >= 15 is 0 Å². The average molecular weight is 481 g/mol. The Balaban J connectivity index is 1.32. The van der Waals surface area contributed by atoms with Crippen LogP contribution in [-0.4, -0.2) is 52.8 Å². The van der Waals surface area contributed by atoms with Gasteiger partial charge in [-0.05, 0) is 98.6 Å². The zero-order valence-electron chi connectivity index (χ0n) is 20.1. The fourth-order valence-electron chi connectivity index (χ4n) is 5.15. The second kappa shape index (κ2) is 11.6. The fraction of sp³-hybridized carbons (Fsp3) is 0.429. The number of piperidine rings is 1. The number of aliphatic hydroxyl groups excluding tert-OH is 1. The molecule has 2 heterocycles. The van der Waals surface area contributed by atoms with Crippen LogP contribution in [0.5, 0.6) is 5.75 Å². The normalized spacial score (nSPS) is 19.5. The molecule has 7 heteroatoms. The van der Waals surface area contributed by atoms with Crippen molar-refractivity contribution in [1.29, 1.82) is 0 Å². The Morgan fingerprint density at radius 2 is 2.03 bits per heavy atom. The Morgan fingerprint density at radius 3 is 2.77 bits per heavy atom. The number of aliphatic hydroxyl groups is 1. The zero-order valence-corrected chi connectivity index (χ0v) is 20.1. The number of hydrogen-bond donors (Lipinski definition) is 2. The summed E-state index contributed by atoms with van der Waals surface area (Å²) >= 11 is 0. The molecule has 1 aliphatic heterocycles. The van der Waals surface area contributed by atoms with Crippen LogP contribution < -0.4 is 4.74 Å². The Labute approximate surface area is 205 Å². The summed E-state index contributed by atoms with van der Waals surface area (Å²) < 4.78 is 18.4. The van der Waals surface area contributed by atoms with Crippen molar-refractivity contribution in [3.05, 3.63) is 71.7 Å². The summed E-state index contributed by atoms with van der Waals surface area (Å²) in [5, 5.41) is 21.7. The molecular weight excluding hydrogens is 447 g/mol. The molecule has 0 aliphatic carbocycles. The van der Waals surface area contributed by atoms with Crippen molar-refractivity contribution in [3.63, 3.8) is 0 Å². The molecule has 0 bridgehead atoms. The number of nitrogens with zero attached hydrogens (tertiary/aromatic N) is 2. The van der Waals surface area contributed by atoms with Crippen LogP contribution in [0, 0.1) is 17.7 Å². The van der Waals surface area contributed by atoms with Gasteiger partial charge in [-0.3, -0.25) is 9.78 Å². The standard InChI is InChI=1S/C28H33FN2O4/c1-35-22-9-10-26-24(17-22)23(12-14-30-26)27(32)11-6-20-13-16-31(18-25(20)28(33)34)15-2-3-19-4-7-21(29)8-5-19/h4-5,7-10,12,14,17,20,25,27,32H,2-3,6,11,13,15-16,18H2,1H3,(H,33,34)/t20-,25+,27?/m1/s1. The van der Waals surface area contributed by atoms with E-state index in [1.807, 2.05) is 24.3 Å². The highest BCUT2D eigenvalue weighted by Gasteiger charge is 2.34. The van der Waals surface area contributed by atoms with Crippen LogP contribution in [-0.2, 0) is 11.2 Å². The van der Waals surface area contributed by atoms with Crippen LogP contribution >= 0.6 is 0 Å². The van der Waals surface area contributed by atoms with Crippen LogP contribution in [0.4, 0.5) is 4.39 Å². The number of methoxy groups -OCH3 is 1. The van der Waals surface area contributed by atoms with Crippen molar-refractivity contribution in [2.24, 2.45) is 11.8 Å². The number of rotatable bonds is 10. The number of hydrogen-bond acceptors (Lipinski definition) is 5. The number of halogens is 1. The summed E-state index contributed by atoms with van der Waals surface area (Å²) in [4.78, 5) is 18.6. The maximum absolute atomic E-state index is 13.1. The van der Waals surface area contributed by atoms with Crippen molar-refractivity contribution in [2.45, 2.75) is 38.2 Å². The number of aromatic nitrogens is 1. The Bertz CT molecular complexity index is 1140. The van der Waals surface area contributed by atoms with Crippen LogP contribution in [0.15, 0.2) is 54.7 Å². The van der Waals surface area contributed by atoms with Gasteiger partial charge in [0, 0.05) is 18.1 Å². The van der Waals surface area contributed by atoms with Gasteiger partial charge < -0.3 is 19.8 Å². The maximum Gasteiger partial charge on any atom is 0.308 e. The number of carboxylic acid groups (broad SMARTS) is 1. The molecule has 186 valence electrons. The van der Waals surface area contributed by atoms with Crippen molar-refractivity contribution in [2.75, 3.05) is 26.7 Å². The van der Waals surface area contributed by atoms with Gasteiger partial charge in [-0.1, -0.05) is 12.1 Å². The van der Waals surface area contributed by atoms with E-state index in [4.69, 9.17) is 4.74 Å². The number of aryl methyl sites for hydroxylation is 1. The second-order valence-corrected chi connectivity index (χ2v) is 9.40. The van der Waals surface area contributed by atoms with E-state index in [0.29, 0.717) is 25.1 Å². The molecule has 0 spiro atoms. The number of benzene rings is 2. The van der Waals surface area contributed by atoms with Crippen molar-refractivity contribution >= 4 is 16.9 Å². The third-order valence-electron chi connectivity index (χ3n) is 7.16. The fourth-order valence-corrected chi connectivity index (χ4v) is 5.15. The number of carboxylic acids is 1. The maximum atomic E-state index is 13.1. The molecule has 6 nitrogen and oxygen atoms in total. The Hall–Kier alpha value is -3.03. The third-order valence-corrected chi connectivity index (χ3v) is 7.16. The minimum absolute atomic E-state index is 0.0261. The highest BCUT2D eigenvalue weighted by atomic mass is 19.1. The van der Waals surface area contributed by atoms with E-state index in [2.05, 4.69) is 9.88 Å². The monoisotopic (exact) mass is 480 g/mol. The Kier molecular flexibility index (Phi) is 8.31. The van der Waals surface area contributed by atoms with Crippen LogP contribution in [0.3, 0.4) is 0 Å². The summed E-state index contributed by atoms with van der Waals surface area (Å²) in [5.74, 6) is -0.722. The number of carbonyl (C=O) groups is 1. The molecule has 1 unspecified atom stereocenters. The second-order valence-electron chi connectivity index (χ2n) is 9.40. The van der Waals surface area contributed by atoms with Crippen molar-refractivity contribution in [1.82, 2.24) is 9.88 Å². The van der Waals surface area contributed by atoms with Gasteiger partial charge in [0.1, 0.15) is 11.6 Å². The zero-order chi connectivity index (χ0) is 24.8. The summed E-state index contributed by atoms with van der Waals surface area (Å²) in [7, 11) is 1.61. The first-order valence-corrected chi connectivity index (χ1v) is 12.2. The van der Waals surface area contributed by atoms with Gasteiger partial charge in [-0.25, -0.2) is 4.39 Å². The van der Waals surface area contributed by atoms with Gasteiger partial charge in [0.2, 0.25) is 0 Å². The van der Waals surface area contributed by atoms with Crippen LogP contribution in [0.2, 0.25) is 0 Å². The summed E-state index contributed by atoms with van der Waals surface area (Å²) in [6.45, 7) is 2.19. The van der Waals surface area contributed by atoms with E-state index in [1.165, 1.54) is 12.1 Å². The largest absolute Gasteiger partial charge is 0.497 e. The van der Waals surface area contributed by atoms with Crippen molar-refractivity contribution < 1.29 is 24.1 Å². The average Bonchev–Trinajstić information content (AvgIpc) is 2.88. The summed E-state index contributed by atoms with van der Waals surface area (Å²) in [5.41, 5.74) is 2.67. The lowest BCUT2D eigenvalue weighted by atomic mass is 9.81. The molecule has 35 heavy (non-hydrogen) atoms. The number of pyridine rings is 1. The molecule has 0 amide bonds. The van der Waals surface area contributed by atoms with Gasteiger partial charge in [0.15, 0.2) is 0 Å². The molecule has 0 saturated carbocycles. The first-order valence-electron chi connectivity index (χ1n) is 12.2. The molecule has 3 atom stereocenters. The lowest BCUT2D eigenvalue weighted by Crippen LogP contribution is -2.44. The highest BCUT2D eigenvalue weighted by Crippen LogP contribution is 2.33. The predicted molar refractivity (Wildman–Crippen MR) is 133 cm³/mol. The van der Waals surface area contributed by atoms with Gasteiger partial charge in [-0.2, -0.15) is 0 Å². The van der Waals surface area contributed by atoms with Crippen LogP contribution in [0.1, 0.15) is 42.9 Å². The number of fused-ring (bicyclic) bond motifs is 1. The molecular formula is C28H33FN2O4. The smallest absolute Gasteiger partial charge is 0.308 e. The molecule has 2 N–H and O–H groups in total. The van der Waals surface area contributed by atoms with Gasteiger partial charge in [0.25, 0.3) is 0 Å². The highest BCUT2D eigenvalue weighted by molar-refractivity contribution is 5.83. The van der Waals surface area contributed by atoms with Gasteiger partial charge in [0.05, 0.1) is 24.6 Å². The topological polar surface area (TPSA) is 82.9 Å². The molecule has 2 aromatic carbocycles. The quantitative estimate of drug-likeness (QED) is 0.432. The van der Waals surface area contributed by atoms with E-state index in [-0.39, 0.29) is 11.7 Å². The van der Waals surface area contributed by atoms with E-state index in [0.717, 1.165) is 54.4 Å². The number of ether oxygens (including phenoxy) is 1. The van der Waals surface area contributed by atoms with E-state index < -0.39 is 18.0 Å². The molecule has 1 fully saturated rings. The lowest BCUT2D eigenvalue weighted by molar-refractivity contribution is -0.146. The first kappa shape index (κ1) is 25.1. The van der Waals surface area contributed by atoms with Crippen molar-refractivity contribution in [3.8, 4) is 5.75 Å². The summed E-state index contributed by atoms with van der Waals surface area (Å²) in [6.07, 6.45) is 4.68. The van der Waals surface area contributed by atoms with Crippen LogP contribution in [0.25, 0.3) is 10.9 Å². The summed E-state index contributed by atoms with van der Waals surface area (Å²) in [6, 6.07) is 14.0. The molecule has 1 aliphatic rings. The number of aliphatic carboxylic acids is 1. The first-order chi connectivity index (χ1) is 16.9. The molecule has 1 aromatic heterocycles.